The van der Waals surface area contributed by atoms with Crippen LogP contribution in [-0.2, 0) is 0 Å². The van der Waals surface area contributed by atoms with E-state index in [0.717, 1.165) is 24.4 Å². The van der Waals surface area contributed by atoms with E-state index < -0.39 is 0 Å². The number of hydrogen-bond donors (Lipinski definition) is 1. The topological polar surface area (TPSA) is 21.3 Å². The Labute approximate surface area is 79.2 Å². The zero-order valence-corrected chi connectivity index (χ0v) is 7.92. The Hall–Kier alpha value is -1.44. The SMILES string of the molecule is C=CCCNc1ccc(OC)cc1. The van der Waals surface area contributed by atoms with Crippen molar-refractivity contribution in [2.75, 3.05) is 19.0 Å². The number of hydrogen-bond acceptors (Lipinski definition) is 2. The molecule has 0 saturated heterocycles. The third-order valence-corrected chi connectivity index (χ3v) is 1.77. The second kappa shape index (κ2) is 5.25. The Kier molecular flexibility index (Phi) is 3.89. The molecular weight excluding hydrogens is 162 g/mol. The van der Waals surface area contributed by atoms with Crippen LogP contribution in [0.5, 0.6) is 5.75 Å². The number of rotatable bonds is 5. The third kappa shape index (κ3) is 3.20. The Morgan fingerprint density at radius 2 is 2.08 bits per heavy atom. The lowest BCUT2D eigenvalue weighted by molar-refractivity contribution is 0.415. The van der Waals surface area contributed by atoms with E-state index in [1.54, 1.807) is 7.11 Å². The van der Waals surface area contributed by atoms with E-state index in [1.807, 2.05) is 30.3 Å². The molecule has 0 fully saturated rings. The van der Waals surface area contributed by atoms with E-state index in [0.29, 0.717) is 0 Å². The van der Waals surface area contributed by atoms with E-state index in [1.165, 1.54) is 0 Å². The van der Waals surface area contributed by atoms with E-state index in [4.69, 9.17) is 4.74 Å². The summed E-state index contributed by atoms with van der Waals surface area (Å²) < 4.78 is 5.05. The van der Waals surface area contributed by atoms with Crippen molar-refractivity contribution in [3.05, 3.63) is 36.9 Å². The maximum atomic E-state index is 5.05. The van der Waals surface area contributed by atoms with Crippen molar-refractivity contribution in [3.63, 3.8) is 0 Å². The number of anilines is 1. The molecule has 1 aromatic carbocycles. The van der Waals surface area contributed by atoms with Crippen molar-refractivity contribution in [1.82, 2.24) is 0 Å². The lowest BCUT2D eigenvalue weighted by atomic mass is 10.3. The van der Waals surface area contributed by atoms with Gasteiger partial charge in [0.2, 0.25) is 0 Å². The fourth-order valence-corrected chi connectivity index (χ4v) is 1.03. The van der Waals surface area contributed by atoms with Gasteiger partial charge in [-0.2, -0.15) is 0 Å². The average molecular weight is 177 g/mol. The van der Waals surface area contributed by atoms with E-state index in [2.05, 4.69) is 11.9 Å². The molecule has 0 heterocycles. The molecule has 0 saturated carbocycles. The second-order valence-electron chi connectivity index (χ2n) is 2.73. The molecule has 0 aliphatic carbocycles. The first-order valence-electron chi connectivity index (χ1n) is 4.35. The van der Waals surface area contributed by atoms with Crippen LogP contribution < -0.4 is 10.1 Å². The zero-order valence-electron chi connectivity index (χ0n) is 7.92. The summed E-state index contributed by atoms with van der Waals surface area (Å²) in [7, 11) is 1.67. The van der Waals surface area contributed by atoms with Gasteiger partial charge in [0.25, 0.3) is 0 Å². The van der Waals surface area contributed by atoms with E-state index in [9.17, 15) is 0 Å². The lowest BCUT2D eigenvalue weighted by Gasteiger charge is -2.05. The van der Waals surface area contributed by atoms with Crippen molar-refractivity contribution < 1.29 is 4.74 Å². The first-order valence-corrected chi connectivity index (χ1v) is 4.35. The monoisotopic (exact) mass is 177 g/mol. The minimum Gasteiger partial charge on any atom is -0.497 e. The molecule has 2 nitrogen and oxygen atoms in total. The van der Waals surface area contributed by atoms with Crippen LogP contribution in [0.2, 0.25) is 0 Å². The summed E-state index contributed by atoms with van der Waals surface area (Å²) in [6.07, 6.45) is 2.88. The van der Waals surface area contributed by atoms with Crippen LogP contribution >= 0.6 is 0 Å². The fourth-order valence-electron chi connectivity index (χ4n) is 1.03. The van der Waals surface area contributed by atoms with E-state index >= 15 is 0 Å². The summed E-state index contributed by atoms with van der Waals surface area (Å²) in [5.74, 6) is 0.884. The quantitative estimate of drug-likeness (QED) is 0.551. The highest BCUT2D eigenvalue weighted by atomic mass is 16.5. The first kappa shape index (κ1) is 9.65. The van der Waals surface area contributed by atoms with Gasteiger partial charge in [-0.05, 0) is 30.7 Å². The Morgan fingerprint density at radius 3 is 2.62 bits per heavy atom. The maximum Gasteiger partial charge on any atom is 0.119 e. The van der Waals surface area contributed by atoms with Gasteiger partial charge in [-0.3, -0.25) is 0 Å². The molecule has 13 heavy (non-hydrogen) atoms. The predicted octanol–water partition coefficient (Wildman–Crippen LogP) is 2.68. The van der Waals surface area contributed by atoms with Crippen molar-refractivity contribution in [1.29, 1.82) is 0 Å². The van der Waals surface area contributed by atoms with E-state index in [-0.39, 0.29) is 0 Å². The van der Waals surface area contributed by atoms with Gasteiger partial charge >= 0.3 is 0 Å². The predicted molar refractivity (Wildman–Crippen MR) is 56.3 cm³/mol. The summed E-state index contributed by atoms with van der Waals surface area (Å²) >= 11 is 0. The highest BCUT2D eigenvalue weighted by molar-refractivity contribution is 5.46. The molecule has 0 unspecified atom stereocenters. The summed E-state index contributed by atoms with van der Waals surface area (Å²) in [6.45, 7) is 4.59. The highest BCUT2D eigenvalue weighted by Gasteiger charge is 1.91. The molecule has 2 heteroatoms. The van der Waals surface area contributed by atoms with Gasteiger partial charge in [-0.25, -0.2) is 0 Å². The van der Waals surface area contributed by atoms with Crippen LogP contribution in [0, 0.1) is 0 Å². The molecule has 0 radical (unpaired) electrons. The molecule has 1 N–H and O–H groups in total. The van der Waals surface area contributed by atoms with Gasteiger partial charge in [0, 0.05) is 12.2 Å². The van der Waals surface area contributed by atoms with Crippen LogP contribution in [0.15, 0.2) is 36.9 Å². The van der Waals surface area contributed by atoms with Gasteiger partial charge < -0.3 is 10.1 Å². The first-order chi connectivity index (χ1) is 6.36. The number of nitrogens with one attached hydrogen (secondary N) is 1. The highest BCUT2D eigenvalue weighted by Crippen LogP contribution is 2.14. The van der Waals surface area contributed by atoms with Gasteiger partial charge in [0.05, 0.1) is 7.11 Å². The molecular formula is C11H15NO. The Balaban J connectivity index is 2.44. The molecule has 0 aliphatic heterocycles. The molecule has 1 aromatic rings. The third-order valence-electron chi connectivity index (χ3n) is 1.77. The molecule has 0 atom stereocenters. The zero-order chi connectivity index (χ0) is 9.52. The van der Waals surface area contributed by atoms with Crippen LogP contribution in [0.1, 0.15) is 6.42 Å². The van der Waals surface area contributed by atoms with Crippen molar-refractivity contribution in [2.45, 2.75) is 6.42 Å². The Morgan fingerprint density at radius 1 is 1.38 bits per heavy atom. The van der Waals surface area contributed by atoms with Crippen LogP contribution in [0.3, 0.4) is 0 Å². The van der Waals surface area contributed by atoms with Crippen molar-refractivity contribution in [2.24, 2.45) is 0 Å². The fraction of sp³-hybridized carbons (Fsp3) is 0.273. The molecule has 0 spiro atoms. The summed E-state index contributed by atoms with van der Waals surface area (Å²) in [4.78, 5) is 0. The van der Waals surface area contributed by atoms with Gasteiger partial charge in [-0.15, -0.1) is 6.58 Å². The molecule has 0 amide bonds. The van der Waals surface area contributed by atoms with Crippen molar-refractivity contribution in [3.8, 4) is 5.75 Å². The minimum absolute atomic E-state index is 0.884. The normalized spacial score (nSPS) is 9.31. The Bertz CT molecular complexity index is 253. The van der Waals surface area contributed by atoms with Crippen LogP contribution in [-0.4, -0.2) is 13.7 Å². The van der Waals surface area contributed by atoms with Crippen molar-refractivity contribution >= 4 is 5.69 Å². The summed E-state index contributed by atoms with van der Waals surface area (Å²) in [5.41, 5.74) is 1.11. The molecule has 0 aliphatic rings. The number of methoxy groups -OCH3 is 1. The molecule has 0 aromatic heterocycles. The smallest absolute Gasteiger partial charge is 0.119 e. The molecule has 1 rings (SSSR count). The summed E-state index contributed by atoms with van der Waals surface area (Å²) in [6, 6.07) is 7.89. The molecule has 0 bridgehead atoms. The lowest BCUT2D eigenvalue weighted by Crippen LogP contribution is -1.99. The van der Waals surface area contributed by atoms with Crippen LogP contribution in [0.4, 0.5) is 5.69 Å². The van der Waals surface area contributed by atoms with Gasteiger partial charge in [-0.1, -0.05) is 6.08 Å². The number of ether oxygens (including phenoxy) is 1. The largest absolute Gasteiger partial charge is 0.497 e. The maximum absolute atomic E-state index is 5.05. The number of benzene rings is 1. The van der Waals surface area contributed by atoms with Gasteiger partial charge in [0.1, 0.15) is 5.75 Å². The summed E-state index contributed by atoms with van der Waals surface area (Å²) in [5, 5.41) is 3.27. The van der Waals surface area contributed by atoms with Crippen LogP contribution in [0.25, 0.3) is 0 Å². The standard InChI is InChI=1S/C11H15NO/c1-3-4-9-12-10-5-7-11(13-2)8-6-10/h3,5-8,12H,1,4,9H2,2H3. The molecule has 70 valence electrons. The van der Waals surface area contributed by atoms with Gasteiger partial charge in [0.15, 0.2) is 0 Å². The average Bonchev–Trinajstić information content (AvgIpc) is 2.19. The second-order valence-corrected chi connectivity index (χ2v) is 2.73. The minimum atomic E-state index is 0.884.